The van der Waals surface area contributed by atoms with E-state index in [0.717, 1.165) is 10.9 Å². The standard InChI is InChI=1S/C14H15NO5/c1-15(5-4-13(17)18)8-9-6-14(19)20-12-7-10(16)2-3-11(9)12/h2-3,6-7,16H,4-5,8H2,1H3,(H,17,18). The summed E-state index contributed by atoms with van der Waals surface area (Å²) in [6.07, 6.45) is 0.0384. The second kappa shape index (κ2) is 5.75. The molecule has 6 nitrogen and oxygen atoms in total. The molecule has 20 heavy (non-hydrogen) atoms. The summed E-state index contributed by atoms with van der Waals surface area (Å²) in [6.45, 7) is 0.815. The van der Waals surface area contributed by atoms with Gasteiger partial charge in [0.15, 0.2) is 0 Å². The van der Waals surface area contributed by atoms with Crippen molar-refractivity contribution < 1.29 is 19.4 Å². The Hall–Kier alpha value is -2.34. The van der Waals surface area contributed by atoms with Crippen molar-refractivity contribution in [1.82, 2.24) is 4.90 Å². The monoisotopic (exact) mass is 277 g/mol. The predicted octanol–water partition coefficient (Wildman–Crippen LogP) is 1.41. The Balaban J connectivity index is 2.29. The van der Waals surface area contributed by atoms with E-state index in [9.17, 15) is 14.7 Å². The van der Waals surface area contributed by atoms with E-state index < -0.39 is 11.6 Å². The van der Waals surface area contributed by atoms with E-state index in [1.54, 1.807) is 13.1 Å². The van der Waals surface area contributed by atoms with Crippen molar-refractivity contribution in [2.75, 3.05) is 13.6 Å². The lowest BCUT2D eigenvalue weighted by Gasteiger charge is -2.16. The van der Waals surface area contributed by atoms with E-state index >= 15 is 0 Å². The summed E-state index contributed by atoms with van der Waals surface area (Å²) in [5.41, 5.74) is 0.563. The van der Waals surface area contributed by atoms with Crippen LogP contribution in [0, 0.1) is 0 Å². The highest BCUT2D eigenvalue weighted by molar-refractivity contribution is 5.81. The fourth-order valence-electron chi connectivity index (χ4n) is 2.01. The van der Waals surface area contributed by atoms with Gasteiger partial charge in [0.1, 0.15) is 11.3 Å². The molecule has 0 amide bonds. The van der Waals surface area contributed by atoms with Crippen molar-refractivity contribution in [1.29, 1.82) is 0 Å². The number of carbonyl (C=O) groups is 1. The lowest BCUT2D eigenvalue weighted by molar-refractivity contribution is -0.137. The molecule has 1 aromatic heterocycles. The zero-order valence-electron chi connectivity index (χ0n) is 11.0. The second-order valence-corrected chi connectivity index (χ2v) is 4.65. The zero-order valence-corrected chi connectivity index (χ0v) is 11.0. The van der Waals surface area contributed by atoms with Crippen molar-refractivity contribution in [3.8, 4) is 5.75 Å². The van der Waals surface area contributed by atoms with E-state index in [0.29, 0.717) is 18.7 Å². The maximum atomic E-state index is 11.5. The first-order valence-electron chi connectivity index (χ1n) is 6.12. The third-order valence-corrected chi connectivity index (χ3v) is 2.96. The molecule has 0 saturated heterocycles. The van der Waals surface area contributed by atoms with Crippen LogP contribution in [0.4, 0.5) is 0 Å². The normalized spacial score (nSPS) is 11.1. The number of rotatable bonds is 5. The number of carboxylic acids is 1. The Labute approximate surface area is 114 Å². The van der Waals surface area contributed by atoms with Gasteiger partial charge in [-0.15, -0.1) is 0 Å². The highest BCUT2D eigenvalue weighted by Gasteiger charge is 2.09. The van der Waals surface area contributed by atoms with Gasteiger partial charge in [-0.2, -0.15) is 0 Å². The van der Waals surface area contributed by atoms with Crippen LogP contribution in [-0.4, -0.2) is 34.7 Å². The molecule has 0 unspecified atom stereocenters. The van der Waals surface area contributed by atoms with Crippen LogP contribution < -0.4 is 5.63 Å². The summed E-state index contributed by atoms with van der Waals surface area (Å²) in [7, 11) is 1.78. The van der Waals surface area contributed by atoms with Gasteiger partial charge in [-0.25, -0.2) is 4.79 Å². The number of aliphatic carboxylic acids is 1. The number of phenols is 1. The van der Waals surface area contributed by atoms with Crippen LogP contribution >= 0.6 is 0 Å². The third-order valence-electron chi connectivity index (χ3n) is 2.96. The third kappa shape index (κ3) is 3.36. The smallest absolute Gasteiger partial charge is 0.336 e. The topological polar surface area (TPSA) is 91.0 Å². The minimum Gasteiger partial charge on any atom is -0.508 e. The van der Waals surface area contributed by atoms with Crippen molar-refractivity contribution in [3.05, 3.63) is 40.2 Å². The number of fused-ring (bicyclic) bond motifs is 1. The Bertz CT molecular complexity index is 692. The van der Waals surface area contributed by atoms with Gasteiger partial charge in [-0.3, -0.25) is 4.79 Å². The first-order chi connectivity index (χ1) is 9.45. The second-order valence-electron chi connectivity index (χ2n) is 4.65. The Morgan fingerprint density at radius 2 is 2.10 bits per heavy atom. The highest BCUT2D eigenvalue weighted by Crippen LogP contribution is 2.22. The molecular weight excluding hydrogens is 262 g/mol. The molecule has 106 valence electrons. The molecule has 2 aromatic rings. The summed E-state index contributed by atoms with van der Waals surface area (Å²) >= 11 is 0. The Morgan fingerprint density at radius 1 is 1.35 bits per heavy atom. The van der Waals surface area contributed by atoms with Crippen LogP contribution in [0.3, 0.4) is 0 Å². The largest absolute Gasteiger partial charge is 0.508 e. The van der Waals surface area contributed by atoms with Crippen LogP contribution in [0.2, 0.25) is 0 Å². The van der Waals surface area contributed by atoms with Gasteiger partial charge in [-0.1, -0.05) is 0 Å². The van der Waals surface area contributed by atoms with Gasteiger partial charge in [0.2, 0.25) is 0 Å². The van der Waals surface area contributed by atoms with E-state index in [1.807, 2.05) is 4.90 Å². The number of hydrogen-bond donors (Lipinski definition) is 2. The number of carboxylic acid groups (broad SMARTS) is 1. The fraction of sp³-hybridized carbons (Fsp3) is 0.286. The molecule has 0 bridgehead atoms. The number of aromatic hydroxyl groups is 1. The van der Waals surface area contributed by atoms with E-state index in [1.165, 1.54) is 18.2 Å². The van der Waals surface area contributed by atoms with E-state index in [2.05, 4.69) is 0 Å². The Morgan fingerprint density at radius 3 is 2.80 bits per heavy atom. The molecule has 6 heteroatoms. The van der Waals surface area contributed by atoms with Gasteiger partial charge >= 0.3 is 11.6 Å². The zero-order chi connectivity index (χ0) is 14.7. The fourth-order valence-corrected chi connectivity index (χ4v) is 2.01. The van der Waals surface area contributed by atoms with Gasteiger partial charge in [-0.05, 0) is 24.7 Å². The average Bonchev–Trinajstić information content (AvgIpc) is 2.35. The SMILES string of the molecule is CN(CCC(=O)O)Cc1cc(=O)oc2cc(O)ccc12. The summed E-state index contributed by atoms with van der Waals surface area (Å²) in [4.78, 5) is 23.9. The van der Waals surface area contributed by atoms with Crippen LogP contribution in [0.5, 0.6) is 5.75 Å². The van der Waals surface area contributed by atoms with Crippen molar-refractivity contribution in [2.45, 2.75) is 13.0 Å². The summed E-state index contributed by atoms with van der Waals surface area (Å²) in [5.74, 6) is -0.837. The van der Waals surface area contributed by atoms with Crippen molar-refractivity contribution in [2.24, 2.45) is 0 Å². The number of benzene rings is 1. The molecule has 2 N–H and O–H groups in total. The lowest BCUT2D eigenvalue weighted by Crippen LogP contribution is -2.22. The molecule has 0 spiro atoms. The number of phenolic OH excluding ortho intramolecular Hbond substituents is 1. The molecule has 0 aliphatic heterocycles. The molecule has 0 atom stereocenters. The Kier molecular flexibility index (Phi) is 4.05. The minimum atomic E-state index is -0.862. The average molecular weight is 277 g/mol. The van der Waals surface area contributed by atoms with Gasteiger partial charge in [0, 0.05) is 30.6 Å². The maximum absolute atomic E-state index is 11.5. The molecule has 0 saturated carbocycles. The van der Waals surface area contributed by atoms with Crippen LogP contribution in [0.25, 0.3) is 11.0 Å². The summed E-state index contributed by atoms with van der Waals surface area (Å²) in [5, 5.41) is 18.8. The highest BCUT2D eigenvalue weighted by atomic mass is 16.4. The molecule has 0 aliphatic rings. The minimum absolute atomic E-state index is 0.0250. The molecule has 2 rings (SSSR count). The first kappa shape index (κ1) is 14.1. The molecule has 1 heterocycles. The van der Waals surface area contributed by atoms with Gasteiger partial charge in [0.25, 0.3) is 0 Å². The quantitative estimate of drug-likeness (QED) is 0.803. The molecule has 0 radical (unpaired) electrons. The van der Waals surface area contributed by atoms with Crippen molar-refractivity contribution >= 4 is 16.9 Å². The van der Waals surface area contributed by atoms with Gasteiger partial charge in [0.05, 0.1) is 6.42 Å². The van der Waals surface area contributed by atoms with Crippen molar-refractivity contribution in [3.63, 3.8) is 0 Å². The predicted molar refractivity (Wildman–Crippen MR) is 72.7 cm³/mol. The van der Waals surface area contributed by atoms with Crippen LogP contribution in [-0.2, 0) is 11.3 Å². The molecule has 1 aromatic carbocycles. The van der Waals surface area contributed by atoms with Crippen LogP contribution in [0.1, 0.15) is 12.0 Å². The first-order valence-corrected chi connectivity index (χ1v) is 6.12. The molecular formula is C14H15NO5. The molecule has 0 aliphatic carbocycles. The summed E-state index contributed by atoms with van der Waals surface area (Å²) in [6, 6.07) is 5.96. The van der Waals surface area contributed by atoms with E-state index in [-0.39, 0.29) is 12.2 Å². The number of nitrogens with zero attached hydrogens (tertiary/aromatic N) is 1. The van der Waals surface area contributed by atoms with E-state index in [4.69, 9.17) is 9.52 Å². The maximum Gasteiger partial charge on any atom is 0.336 e. The van der Waals surface area contributed by atoms with Gasteiger partial charge < -0.3 is 19.5 Å². The van der Waals surface area contributed by atoms with Crippen LogP contribution in [0.15, 0.2) is 33.5 Å². The number of hydrogen-bond acceptors (Lipinski definition) is 5. The lowest BCUT2D eigenvalue weighted by atomic mass is 10.1. The summed E-state index contributed by atoms with van der Waals surface area (Å²) < 4.78 is 5.03. The molecule has 0 fully saturated rings.